The molecule has 9 nitrogen and oxygen atoms in total. The van der Waals surface area contributed by atoms with Crippen molar-refractivity contribution in [1.29, 1.82) is 0 Å². The van der Waals surface area contributed by atoms with Crippen molar-refractivity contribution in [3.05, 3.63) is 47.3 Å². The molecule has 1 aliphatic heterocycles. The molecule has 0 unspecified atom stereocenters. The van der Waals surface area contributed by atoms with Crippen LogP contribution in [0.5, 0.6) is 5.75 Å². The molecule has 1 N–H and O–H groups in total. The molecule has 2 amide bonds. The van der Waals surface area contributed by atoms with E-state index in [9.17, 15) is 14.4 Å². The second kappa shape index (κ2) is 10.7. The van der Waals surface area contributed by atoms with Crippen molar-refractivity contribution in [3.8, 4) is 5.75 Å². The maximum Gasteiger partial charge on any atom is 0.358 e. The highest BCUT2D eigenvalue weighted by atomic mass is 16.5. The summed E-state index contributed by atoms with van der Waals surface area (Å²) in [5, 5.41) is 7.51. The van der Waals surface area contributed by atoms with Crippen molar-refractivity contribution in [2.45, 2.75) is 90.6 Å². The Morgan fingerprint density at radius 2 is 1.86 bits per heavy atom. The van der Waals surface area contributed by atoms with Gasteiger partial charge in [-0.25, -0.2) is 4.79 Å². The van der Waals surface area contributed by atoms with Crippen LogP contribution >= 0.6 is 0 Å². The minimum absolute atomic E-state index is 0.0557. The molecule has 2 aliphatic rings. The van der Waals surface area contributed by atoms with Crippen molar-refractivity contribution >= 4 is 17.8 Å². The maximum absolute atomic E-state index is 13.7. The van der Waals surface area contributed by atoms with E-state index in [0.717, 1.165) is 37.0 Å². The Balaban J connectivity index is 1.64. The zero-order chi connectivity index (χ0) is 25.9. The molecule has 1 aromatic carbocycles. The number of ether oxygens (including phenoxy) is 2. The average Bonchev–Trinajstić information content (AvgIpc) is 3.27. The number of hydrogen-bond donors (Lipinski definition) is 1. The van der Waals surface area contributed by atoms with Crippen LogP contribution in [0, 0.1) is 0 Å². The molecule has 2 heterocycles. The van der Waals surface area contributed by atoms with Crippen LogP contribution in [0.4, 0.5) is 0 Å². The van der Waals surface area contributed by atoms with Gasteiger partial charge in [0.05, 0.1) is 19.3 Å². The Bertz CT molecular complexity index is 1100. The van der Waals surface area contributed by atoms with Crippen molar-refractivity contribution in [1.82, 2.24) is 20.0 Å². The molecule has 0 spiro atoms. The lowest BCUT2D eigenvalue weighted by atomic mass is 9.91. The third-order valence-electron chi connectivity index (χ3n) is 6.85. The minimum Gasteiger partial charge on any atom is -0.491 e. The number of carbonyl (C=O) groups excluding carboxylic acids is 3. The van der Waals surface area contributed by atoms with Crippen LogP contribution in [0.1, 0.15) is 86.3 Å². The van der Waals surface area contributed by atoms with Gasteiger partial charge in [0.25, 0.3) is 5.91 Å². The molecule has 1 aromatic heterocycles. The lowest BCUT2D eigenvalue weighted by molar-refractivity contribution is -0.134. The van der Waals surface area contributed by atoms with Crippen LogP contribution in [-0.4, -0.2) is 56.8 Å². The van der Waals surface area contributed by atoms with Crippen LogP contribution < -0.4 is 10.1 Å². The third kappa shape index (κ3) is 5.39. The van der Waals surface area contributed by atoms with Gasteiger partial charge >= 0.3 is 5.97 Å². The quantitative estimate of drug-likeness (QED) is 0.559. The van der Waals surface area contributed by atoms with E-state index in [1.807, 2.05) is 38.1 Å². The molecule has 1 fully saturated rings. The molecule has 0 radical (unpaired) electrons. The number of nitrogens with one attached hydrogen (secondary N) is 1. The topological polar surface area (TPSA) is 103 Å². The molecule has 1 aliphatic carbocycles. The first kappa shape index (κ1) is 25.7. The highest BCUT2D eigenvalue weighted by molar-refractivity contribution is 6.01. The Morgan fingerprint density at radius 3 is 2.50 bits per heavy atom. The van der Waals surface area contributed by atoms with Gasteiger partial charge < -0.3 is 19.7 Å². The van der Waals surface area contributed by atoms with Crippen molar-refractivity contribution in [2.75, 3.05) is 6.61 Å². The molecular formula is C27H36N4O5. The standard InChI is InChI=1S/C27H36N4O5/c1-5-35-25(33)22-15-23-24(32)30(16-19-11-13-21(14-12-19)36-18(2)3)27(4,17-31(23)29-22)26(34)28-20-9-7-6-8-10-20/h11-15,18,20H,5-10,16-17H2,1-4H3,(H,28,34)/t27-/m1/s1. The first-order valence-corrected chi connectivity index (χ1v) is 12.8. The third-order valence-corrected chi connectivity index (χ3v) is 6.85. The fraction of sp³-hybridized carbons (Fsp3) is 0.556. The van der Waals surface area contributed by atoms with Crippen molar-refractivity contribution in [3.63, 3.8) is 0 Å². The minimum atomic E-state index is -1.19. The number of carbonyl (C=O) groups is 3. The summed E-state index contributed by atoms with van der Waals surface area (Å²) in [6.45, 7) is 7.99. The van der Waals surface area contributed by atoms with Gasteiger partial charge in [-0.1, -0.05) is 31.4 Å². The summed E-state index contributed by atoms with van der Waals surface area (Å²) in [6.07, 6.45) is 5.28. The summed E-state index contributed by atoms with van der Waals surface area (Å²) in [7, 11) is 0. The Kier molecular flexibility index (Phi) is 7.66. The van der Waals surface area contributed by atoms with E-state index in [-0.39, 0.29) is 55.0 Å². The molecule has 0 saturated heterocycles. The second-order valence-electron chi connectivity index (χ2n) is 10.1. The van der Waals surface area contributed by atoms with Gasteiger partial charge in [0.15, 0.2) is 5.69 Å². The van der Waals surface area contributed by atoms with Gasteiger partial charge in [0.2, 0.25) is 5.91 Å². The van der Waals surface area contributed by atoms with E-state index in [4.69, 9.17) is 9.47 Å². The number of hydrogen-bond acceptors (Lipinski definition) is 6. The number of rotatable bonds is 8. The SMILES string of the molecule is CCOC(=O)c1cc2n(n1)C[C@](C)(C(=O)NC1CCCCC1)N(Cc1ccc(OC(C)C)cc1)C2=O. The summed E-state index contributed by atoms with van der Waals surface area (Å²) in [5.41, 5.74) is 0.00909. The predicted molar refractivity (Wildman–Crippen MR) is 134 cm³/mol. The smallest absolute Gasteiger partial charge is 0.358 e. The Morgan fingerprint density at radius 1 is 1.17 bits per heavy atom. The van der Waals surface area contributed by atoms with Crippen LogP contribution in [0.15, 0.2) is 30.3 Å². The van der Waals surface area contributed by atoms with Crippen LogP contribution in [0.2, 0.25) is 0 Å². The molecule has 36 heavy (non-hydrogen) atoms. The summed E-state index contributed by atoms with van der Waals surface area (Å²) in [5.74, 6) is -0.407. The van der Waals surface area contributed by atoms with E-state index >= 15 is 0 Å². The molecule has 194 valence electrons. The zero-order valence-electron chi connectivity index (χ0n) is 21.6. The monoisotopic (exact) mass is 496 g/mol. The van der Waals surface area contributed by atoms with Crippen LogP contribution in [0.25, 0.3) is 0 Å². The first-order chi connectivity index (χ1) is 17.2. The highest BCUT2D eigenvalue weighted by Crippen LogP contribution is 2.31. The lowest BCUT2D eigenvalue weighted by Gasteiger charge is -2.44. The van der Waals surface area contributed by atoms with Crippen molar-refractivity contribution < 1.29 is 23.9 Å². The molecule has 1 atom stereocenters. The number of amides is 2. The van der Waals surface area contributed by atoms with Gasteiger partial charge in [0, 0.05) is 18.7 Å². The average molecular weight is 497 g/mol. The number of esters is 1. The van der Waals surface area contributed by atoms with Gasteiger partial charge in [-0.15, -0.1) is 0 Å². The largest absolute Gasteiger partial charge is 0.491 e. The number of nitrogens with zero attached hydrogens (tertiary/aromatic N) is 3. The normalized spacial score (nSPS) is 20.2. The predicted octanol–water partition coefficient (Wildman–Crippen LogP) is 3.71. The molecular weight excluding hydrogens is 460 g/mol. The van der Waals surface area contributed by atoms with Crippen molar-refractivity contribution in [2.24, 2.45) is 0 Å². The van der Waals surface area contributed by atoms with Gasteiger partial charge in [-0.2, -0.15) is 5.10 Å². The van der Waals surface area contributed by atoms with E-state index < -0.39 is 11.5 Å². The lowest BCUT2D eigenvalue weighted by Crippen LogP contribution is -2.64. The van der Waals surface area contributed by atoms with Crippen LogP contribution in [-0.2, 0) is 22.6 Å². The highest BCUT2D eigenvalue weighted by Gasteiger charge is 2.48. The molecule has 2 aromatic rings. The van der Waals surface area contributed by atoms with Gasteiger partial charge in [-0.3, -0.25) is 14.3 Å². The second-order valence-corrected chi connectivity index (χ2v) is 10.1. The van der Waals surface area contributed by atoms with Gasteiger partial charge in [0.1, 0.15) is 17.0 Å². The molecule has 4 rings (SSSR count). The number of fused-ring (bicyclic) bond motifs is 1. The first-order valence-electron chi connectivity index (χ1n) is 12.8. The number of benzene rings is 1. The fourth-order valence-corrected chi connectivity index (χ4v) is 4.91. The Hall–Kier alpha value is -3.36. The molecule has 0 bridgehead atoms. The van der Waals surface area contributed by atoms with Crippen LogP contribution in [0.3, 0.4) is 0 Å². The Labute approximate surface area is 212 Å². The fourth-order valence-electron chi connectivity index (χ4n) is 4.91. The van der Waals surface area contributed by atoms with E-state index in [1.54, 1.807) is 18.7 Å². The summed E-state index contributed by atoms with van der Waals surface area (Å²) < 4.78 is 12.3. The maximum atomic E-state index is 13.7. The van der Waals surface area contributed by atoms with E-state index in [1.165, 1.54) is 17.2 Å². The van der Waals surface area contributed by atoms with E-state index in [0.29, 0.717) is 0 Å². The molecule has 1 saturated carbocycles. The van der Waals surface area contributed by atoms with E-state index in [2.05, 4.69) is 10.4 Å². The number of aromatic nitrogens is 2. The molecule has 9 heteroatoms. The summed E-state index contributed by atoms with van der Waals surface area (Å²) in [6, 6.07) is 9.09. The summed E-state index contributed by atoms with van der Waals surface area (Å²) in [4.78, 5) is 41.3. The zero-order valence-corrected chi connectivity index (χ0v) is 21.6. The summed E-state index contributed by atoms with van der Waals surface area (Å²) >= 11 is 0. The van der Waals surface area contributed by atoms with Gasteiger partial charge in [-0.05, 0) is 58.2 Å².